The highest BCUT2D eigenvalue weighted by molar-refractivity contribution is 7.89. The Balaban J connectivity index is 2.31. The van der Waals surface area contributed by atoms with Gasteiger partial charge in [0.1, 0.15) is 5.69 Å². The summed E-state index contributed by atoms with van der Waals surface area (Å²) in [5.41, 5.74) is 1.82. The van der Waals surface area contributed by atoms with Gasteiger partial charge in [0.15, 0.2) is 0 Å². The van der Waals surface area contributed by atoms with Gasteiger partial charge in [-0.1, -0.05) is 6.42 Å². The molecule has 0 saturated heterocycles. The van der Waals surface area contributed by atoms with Crippen LogP contribution >= 0.6 is 0 Å². The number of hydrogen-bond acceptors (Lipinski definition) is 6. The maximum Gasteiger partial charge on any atom is 0.293 e. The van der Waals surface area contributed by atoms with Crippen molar-refractivity contribution < 1.29 is 13.3 Å². The fourth-order valence-corrected chi connectivity index (χ4v) is 3.10. The van der Waals surface area contributed by atoms with Crippen LogP contribution < -0.4 is 16.0 Å². The highest BCUT2D eigenvalue weighted by atomic mass is 32.2. The van der Waals surface area contributed by atoms with Gasteiger partial charge in [0.2, 0.25) is 10.0 Å². The van der Waals surface area contributed by atoms with E-state index in [2.05, 4.69) is 10.1 Å². The minimum absolute atomic E-state index is 0.0403. The van der Waals surface area contributed by atoms with Crippen LogP contribution in [0.5, 0.6) is 0 Å². The minimum atomic E-state index is -3.66. The van der Waals surface area contributed by atoms with E-state index in [1.165, 1.54) is 6.07 Å². The van der Waals surface area contributed by atoms with Crippen LogP contribution in [0.3, 0.4) is 0 Å². The van der Waals surface area contributed by atoms with Crippen LogP contribution in [0.25, 0.3) is 0 Å². The van der Waals surface area contributed by atoms with E-state index in [1.54, 1.807) is 0 Å². The van der Waals surface area contributed by atoms with Gasteiger partial charge in [-0.2, -0.15) is 0 Å². The van der Waals surface area contributed by atoms with Gasteiger partial charge in [0, 0.05) is 12.1 Å². The SMILES string of the molecule is NNc1cc(S(=O)(=O)NC2CCC2)ccc1[N+](=O)[O-]. The molecule has 1 aromatic carbocycles. The second-order valence-corrected chi connectivity index (χ2v) is 6.04. The van der Waals surface area contributed by atoms with Crippen LogP contribution in [0.1, 0.15) is 19.3 Å². The van der Waals surface area contributed by atoms with Gasteiger partial charge in [-0.3, -0.25) is 16.0 Å². The molecular weight excluding hydrogens is 272 g/mol. The number of sulfonamides is 1. The molecule has 0 heterocycles. The molecule has 0 spiro atoms. The first-order chi connectivity index (χ1) is 8.94. The summed E-state index contributed by atoms with van der Waals surface area (Å²) < 4.78 is 26.6. The zero-order valence-corrected chi connectivity index (χ0v) is 10.8. The second kappa shape index (κ2) is 5.11. The second-order valence-electron chi connectivity index (χ2n) is 4.33. The molecule has 0 aromatic heterocycles. The Kier molecular flexibility index (Phi) is 3.69. The number of nitrogen functional groups attached to an aromatic ring is 1. The highest BCUT2D eigenvalue weighted by Crippen LogP contribution is 2.27. The van der Waals surface area contributed by atoms with Crippen LogP contribution in [-0.2, 0) is 10.0 Å². The van der Waals surface area contributed by atoms with Crippen molar-refractivity contribution >= 4 is 21.4 Å². The number of anilines is 1. The monoisotopic (exact) mass is 286 g/mol. The number of hydrazine groups is 1. The summed E-state index contributed by atoms with van der Waals surface area (Å²) in [7, 11) is -3.66. The van der Waals surface area contributed by atoms with Gasteiger partial charge in [-0.15, -0.1) is 0 Å². The van der Waals surface area contributed by atoms with Crippen LogP contribution in [0, 0.1) is 10.1 Å². The summed E-state index contributed by atoms with van der Waals surface area (Å²) in [6, 6.07) is 3.42. The standard InChI is InChI=1S/C10H14N4O4S/c11-12-9-6-8(4-5-10(9)14(15)16)19(17,18)13-7-2-1-3-7/h4-7,12-13H,1-3,11H2. The molecule has 0 unspecified atom stereocenters. The third-order valence-corrected chi connectivity index (χ3v) is 4.58. The summed E-state index contributed by atoms with van der Waals surface area (Å²) in [5.74, 6) is 5.17. The smallest absolute Gasteiger partial charge is 0.293 e. The van der Waals surface area contributed by atoms with Gasteiger partial charge in [-0.05, 0) is 25.0 Å². The zero-order chi connectivity index (χ0) is 14.0. The molecule has 19 heavy (non-hydrogen) atoms. The summed E-state index contributed by atoms with van der Waals surface area (Å²) >= 11 is 0. The Morgan fingerprint density at radius 1 is 1.37 bits per heavy atom. The van der Waals surface area contributed by atoms with E-state index >= 15 is 0 Å². The van der Waals surface area contributed by atoms with Crippen molar-refractivity contribution in [2.75, 3.05) is 5.43 Å². The molecular formula is C10H14N4O4S. The molecule has 1 fully saturated rings. The third kappa shape index (κ3) is 2.83. The molecule has 0 atom stereocenters. The van der Waals surface area contributed by atoms with Crippen molar-refractivity contribution in [3.05, 3.63) is 28.3 Å². The van der Waals surface area contributed by atoms with Crippen molar-refractivity contribution in [3.63, 3.8) is 0 Å². The van der Waals surface area contributed by atoms with Gasteiger partial charge >= 0.3 is 0 Å². The molecule has 0 radical (unpaired) electrons. The molecule has 104 valence electrons. The number of nitrogens with one attached hydrogen (secondary N) is 2. The summed E-state index contributed by atoms with van der Waals surface area (Å²) in [4.78, 5) is 10.0. The lowest BCUT2D eigenvalue weighted by Crippen LogP contribution is -2.39. The molecule has 8 nitrogen and oxygen atoms in total. The van der Waals surface area contributed by atoms with Crippen molar-refractivity contribution in [2.24, 2.45) is 5.84 Å². The van der Waals surface area contributed by atoms with Crippen LogP contribution in [0.15, 0.2) is 23.1 Å². The highest BCUT2D eigenvalue weighted by Gasteiger charge is 2.26. The molecule has 0 amide bonds. The normalized spacial score (nSPS) is 15.8. The molecule has 9 heteroatoms. The fourth-order valence-electron chi connectivity index (χ4n) is 1.77. The van der Waals surface area contributed by atoms with E-state index in [9.17, 15) is 18.5 Å². The predicted octanol–water partition coefficient (Wildman–Crippen LogP) is 0.711. The van der Waals surface area contributed by atoms with E-state index in [0.717, 1.165) is 31.4 Å². The molecule has 1 aliphatic rings. The first kappa shape index (κ1) is 13.7. The van der Waals surface area contributed by atoms with Crippen LogP contribution in [0.2, 0.25) is 0 Å². The zero-order valence-electron chi connectivity index (χ0n) is 10.00. The Hall–Kier alpha value is -1.71. The van der Waals surface area contributed by atoms with Crippen molar-refractivity contribution in [3.8, 4) is 0 Å². The average molecular weight is 286 g/mol. The number of nitro groups is 1. The van der Waals surface area contributed by atoms with E-state index in [1.807, 2.05) is 0 Å². The van der Waals surface area contributed by atoms with Crippen molar-refractivity contribution in [1.29, 1.82) is 0 Å². The van der Waals surface area contributed by atoms with Crippen molar-refractivity contribution in [1.82, 2.24) is 4.72 Å². The lowest BCUT2D eigenvalue weighted by Gasteiger charge is -2.26. The maximum atomic E-state index is 12.0. The van der Waals surface area contributed by atoms with Crippen molar-refractivity contribution in [2.45, 2.75) is 30.2 Å². The third-order valence-electron chi connectivity index (χ3n) is 3.06. The lowest BCUT2D eigenvalue weighted by atomic mass is 9.94. The topological polar surface area (TPSA) is 127 Å². The largest absolute Gasteiger partial charge is 0.318 e. The van der Waals surface area contributed by atoms with Gasteiger partial charge in [0.25, 0.3) is 5.69 Å². The van der Waals surface area contributed by atoms with Gasteiger partial charge < -0.3 is 5.43 Å². The first-order valence-electron chi connectivity index (χ1n) is 5.71. The quantitative estimate of drug-likeness (QED) is 0.415. The molecule has 1 saturated carbocycles. The Bertz CT molecular complexity index is 598. The molecule has 1 aliphatic carbocycles. The predicted molar refractivity (Wildman–Crippen MR) is 68.9 cm³/mol. The molecule has 4 N–H and O–H groups in total. The number of benzene rings is 1. The summed E-state index contributed by atoms with van der Waals surface area (Å²) in [5, 5.41) is 10.7. The molecule has 2 rings (SSSR count). The number of hydrogen-bond donors (Lipinski definition) is 3. The Morgan fingerprint density at radius 2 is 2.05 bits per heavy atom. The Labute approximate surface area is 110 Å². The summed E-state index contributed by atoms with van der Waals surface area (Å²) in [6.07, 6.45) is 2.63. The van der Waals surface area contributed by atoms with Crippen LogP contribution in [-0.4, -0.2) is 19.4 Å². The Morgan fingerprint density at radius 3 is 2.53 bits per heavy atom. The number of nitrogens with zero attached hydrogens (tertiary/aromatic N) is 1. The summed E-state index contributed by atoms with van der Waals surface area (Å²) in [6.45, 7) is 0. The van der Waals surface area contributed by atoms with E-state index in [-0.39, 0.29) is 22.3 Å². The van der Waals surface area contributed by atoms with Gasteiger partial charge in [0.05, 0.1) is 9.82 Å². The number of rotatable bonds is 5. The fraction of sp³-hybridized carbons (Fsp3) is 0.400. The molecule has 0 bridgehead atoms. The maximum absolute atomic E-state index is 12.0. The molecule has 0 aliphatic heterocycles. The number of nitrogens with two attached hydrogens (primary N) is 1. The first-order valence-corrected chi connectivity index (χ1v) is 7.20. The van der Waals surface area contributed by atoms with E-state index in [0.29, 0.717) is 0 Å². The van der Waals surface area contributed by atoms with Gasteiger partial charge in [-0.25, -0.2) is 13.1 Å². The lowest BCUT2D eigenvalue weighted by molar-refractivity contribution is -0.384. The van der Waals surface area contributed by atoms with E-state index in [4.69, 9.17) is 5.84 Å². The minimum Gasteiger partial charge on any atom is -0.318 e. The van der Waals surface area contributed by atoms with Crippen LogP contribution in [0.4, 0.5) is 11.4 Å². The average Bonchev–Trinajstić information content (AvgIpc) is 2.33. The van der Waals surface area contributed by atoms with E-state index < -0.39 is 14.9 Å². The molecule has 1 aromatic rings. The number of nitro benzene ring substituents is 1.